The van der Waals surface area contributed by atoms with Gasteiger partial charge in [0.15, 0.2) is 11.5 Å². The van der Waals surface area contributed by atoms with Gasteiger partial charge in [-0.2, -0.15) is 0 Å². The molecule has 0 unspecified atom stereocenters. The van der Waals surface area contributed by atoms with Crippen LogP contribution in [0.15, 0.2) is 66.9 Å². The predicted octanol–water partition coefficient (Wildman–Crippen LogP) is 3.83. The van der Waals surface area contributed by atoms with E-state index in [0.717, 1.165) is 22.8 Å². The summed E-state index contributed by atoms with van der Waals surface area (Å²) in [5, 5.41) is 6.06. The quantitative estimate of drug-likeness (QED) is 0.607. The third-order valence-electron chi connectivity index (χ3n) is 4.30. The van der Waals surface area contributed by atoms with E-state index in [2.05, 4.69) is 15.6 Å². The van der Waals surface area contributed by atoms with Crippen LogP contribution in [-0.4, -0.2) is 24.3 Å². The van der Waals surface area contributed by atoms with E-state index in [1.807, 2.05) is 60.7 Å². The molecule has 7 heteroatoms. The van der Waals surface area contributed by atoms with Crippen molar-refractivity contribution in [1.82, 2.24) is 4.98 Å². The number of aromatic nitrogens is 1. The van der Waals surface area contributed by atoms with Crippen molar-refractivity contribution in [2.45, 2.75) is 13.0 Å². The fourth-order valence-electron chi connectivity index (χ4n) is 2.82. The van der Waals surface area contributed by atoms with Crippen LogP contribution in [0, 0.1) is 0 Å². The maximum atomic E-state index is 12.0. The number of fused-ring (bicyclic) bond motifs is 1. The highest BCUT2D eigenvalue weighted by Crippen LogP contribution is 2.32. The number of nitrogens with one attached hydrogen (secondary N) is 2. The lowest BCUT2D eigenvalue weighted by molar-refractivity contribution is -0.116. The number of amides is 1. The highest BCUT2D eigenvalue weighted by molar-refractivity contribution is 5.90. The molecule has 0 saturated carbocycles. The summed E-state index contributed by atoms with van der Waals surface area (Å²) in [6.45, 7) is 1.18. The molecule has 0 atom stereocenters. The number of para-hydroxylation sites is 1. The zero-order valence-corrected chi connectivity index (χ0v) is 15.8. The number of ether oxygens (including phenoxy) is 3. The highest BCUT2D eigenvalue weighted by Gasteiger charge is 2.13. The van der Waals surface area contributed by atoms with E-state index in [9.17, 15) is 4.79 Å². The smallest absolute Gasteiger partial charge is 0.231 e. The first kappa shape index (κ1) is 18.6. The van der Waals surface area contributed by atoms with Gasteiger partial charge >= 0.3 is 0 Å². The summed E-state index contributed by atoms with van der Waals surface area (Å²) in [6.07, 6.45) is 1.89. The zero-order valence-electron chi connectivity index (χ0n) is 15.8. The first-order valence-electron chi connectivity index (χ1n) is 9.32. The van der Waals surface area contributed by atoms with Gasteiger partial charge in [-0.1, -0.05) is 24.3 Å². The topological polar surface area (TPSA) is 81.7 Å². The molecule has 1 aromatic heterocycles. The van der Waals surface area contributed by atoms with Crippen LogP contribution in [0.1, 0.15) is 12.0 Å². The van der Waals surface area contributed by atoms with E-state index in [4.69, 9.17) is 14.2 Å². The van der Waals surface area contributed by atoms with Crippen molar-refractivity contribution in [2.75, 3.05) is 24.0 Å². The minimum atomic E-state index is -0.121. The molecule has 0 radical (unpaired) electrons. The lowest BCUT2D eigenvalue weighted by Crippen LogP contribution is -2.15. The van der Waals surface area contributed by atoms with Gasteiger partial charge in [-0.15, -0.1) is 0 Å². The van der Waals surface area contributed by atoms with Gasteiger partial charge in [-0.25, -0.2) is 4.98 Å². The maximum Gasteiger partial charge on any atom is 0.231 e. The minimum Gasteiger partial charge on any atom is -0.493 e. The largest absolute Gasteiger partial charge is 0.493 e. The summed E-state index contributed by atoms with van der Waals surface area (Å²) >= 11 is 0. The Balaban J connectivity index is 1.22. The van der Waals surface area contributed by atoms with E-state index < -0.39 is 0 Å². The van der Waals surface area contributed by atoms with Crippen LogP contribution in [-0.2, 0) is 11.3 Å². The van der Waals surface area contributed by atoms with Gasteiger partial charge in [0.2, 0.25) is 12.7 Å². The van der Waals surface area contributed by atoms with Crippen molar-refractivity contribution in [1.29, 1.82) is 0 Å². The van der Waals surface area contributed by atoms with E-state index in [0.29, 0.717) is 24.7 Å². The van der Waals surface area contributed by atoms with Crippen molar-refractivity contribution in [3.63, 3.8) is 0 Å². The average molecular weight is 391 g/mol. The van der Waals surface area contributed by atoms with Crippen LogP contribution >= 0.6 is 0 Å². The van der Waals surface area contributed by atoms with Gasteiger partial charge < -0.3 is 24.8 Å². The van der Waals surface area contributed by atoms with Crippen LogP contribution in [0.5, 0.6) is 17.2 Å². The van der Waals surface area contributed by atoms with Crippen LogP contribution in [0.2, 0.25) is 0 Å². The van der Waals surface area contributed by atoms with Crippen LogP contribution in [0.4, 0.5) is 11.5 Å². The van der Waals surface area contributed by atoms with Crippen LogP contribution < -0.4 is 24.8 Å². The molecule has 7 nitrogen and oxygen atoms in total. The Kier molecular flexibility index (Phi) is 5.76. The molecule has 4 rings (SSSR count). The first-order chi connectivity index (χ1) is 14.3. The Labute approximate surface area is 168 Å². The van der Waals surface area contributed by atoms with Gasteiger partial charge in [0.25, 0.3) is 0 Å². The molecule has 29 heavy (non-hydrogen) atoms. The molecule has 1 amide bonds. The van der Waals surface area contributed by atoms with E-state index >= 15 is 0 Å². The number of pyridine rings is 1. The van der Waals surface area contributed by atoms with Crippen LogP contribution in [0.3, 0.4) is 0 Å². The molecule has 0 saturated heterocycles. The van der Waals surface area contributed by atoms with Gasteiger partial charge in [0.05, 0.1) is 24.9 Å². The highest BCUT2D eigenvalue weighted by atomic mass is 16.7. The molecule has 2 heterocycles. The Bertz CT molecular complexity index is 962. The number of carbonyl (C=O) groups is 1. The molecule has 0 fully saturated rings. The summed E-state index contributed by atoms with van der Waals surface area (Å²) in [5.74, 6) is 2.87. The number of benzene rings is 2. The lowest BCUT2D eigenvalue weighted by Gasteiger charge is -2.09. The standard InChI is InChI=1S/C22H21N3O4/c26-22(10-11-27-18-4-2-1-3-5-18)25-17-7-9-21(24-14-17)23-13-16-6-8-19-20(12-16)29-15-28-19/h1-9,12,14H,10-11,13,15H2,(H,23,24)(H,25,26). The Hall–Kier alpha value is -3.74. The second kappa shape index (κ2) is 8.97. The normalized spacial score (nSPS) is 11.7. The van der Waals surface area contributed by atoms with Crippen molar-refractivity contribution >= 4 is 17.4 Å². The Morgan fingerprint density at radius 3 is 2.72 bits per heavy atom. The Morgan fingerprint density at radius 1 is 1.03 bits per heavy atom. The Morgan fingerprint density at radius 2 is 1.90 bits per heavy atom. The summed E-state index contributed by atoms with van der Waals surface area (Å²) in [4.78, 5) is 16.4. The number of hydrogen-bond acceptors (Lipinski definition) is 6. The number of nitrogens with zero attached hydrogens (tertiary/aromatic N) is 1. The molecule has 0 aliphatic carbocycles. The summed E-state index contributed by atoms with van der Waals surface area (Å²) < 4.78 is 16.2. The molecule has 148 valence electrons. The van der Waals surface area contributed by atoms with E-state index in [1.54, 1.807) is 6.20 Å². The fourth-order valence-corrected chi connectivity index (χ4v) is 2.82. The van der Waals surface area contributed by atoms with Gasteiger partial charge in [-0.3, -0.25) is 4.79 Å². The third kappa shape index (κ3) is 5.16. The molecular weight excluding hydrogens is 370 g/mol. The third-order valence-corrected chi connectivity index (χ3v) is 4.30. The van der Waals surface area contributed by atoms with Crippen molar-refractivity contribution < 1.29 is 19.0 Å². The van der Waals surface area contributed by atoms with Crippen molar-refractivity contribution in [2.24, 2.45) is 0 Å². The van der Waals surface area contributed by atoms with E-state index in [1.165, 1.54) is 0 Å². The monoisotopic (exact) mass is 391 g/mol. The molecular formula is C22H21N3O4. The van der Waals surface area contributed by atoms with Gasteiger partial charge in [-0.05, 0) is 42.0 Å². The van der Waals surface area contributed by atoms with Gasteiger partial charge in [0, 0.05) is 6.54 Å². The molecule has 2 aromatic carbocycles. The van der Waals surface area contributed by atoms with Gasteiger partial charge in [0.1, 0.15) is 11.6 Å². The van der Waals surface area contributed by atoms with Crippen molar-refractivity contribution in [3.8, 4) is 17.2 Å². The SMILES string of the molecule is O=C(CCOc1ccccc1)Nc1ccc(NCc2ccc3c(c2)OCO3)nc1. The summed E-state index contributed by atoms with van der Waals surface area (Å²) in [6, 6.07) is 18.9. The molecule has 1 aliphatic rings. The minimum absolute atomic E-state index is 0.121. The van der Waals surface area contributed by atoms with Crippen LogP contribution in [0.25, 0.3) is 0 Å². The molecule has 0 bridgehead atoms. The number of anilines is 2. The number of rotatable bonds is 8. The summed E-state index contributed by atoms with van der Waals surface area (Å²) in [5.41, 5.74) is 1.70. The lowest BCUT2D eigenvalue weighted by atomic mass is 10.2. The maximum absolute atomic E-state index is 12.0. The summed E-state index contributed by atoms with van der Waals surface area (Å²) in [7, 11) is 0. The predicted molar refractivity (Wildman–Crippen MR) is 109 cm³/mol. The second-order valence-electron chi connectivity index (χ2n) is 6.43. The molecule has 2 N–H and O–H groups in total. The first-order valence-corrected chi connectivity index (χ1v) is 9.32. The number of hydrogen-bond donors (Lipinski definition) is 2. The average Bonchev–Trinajstić information content (AvgIpc) is 3.22. The van der Waals surface area contributed by atoms with Crippen molar-refractivity contribution in [3.05, 3.63) is 72.4 Å². The molecule has 1 aliphatic heterocycles. The molecule has 0 spiro atoms. The number of carbonyl (C=O) groups excluding carboxylic acids is 1. The molecule has 3 aromatic rings. The fraction of sp³-hybridized carbons (Fsp3) is 0.182. The zero-order chi connectivity index (χ0) is 19.9. The second-order valence-corrected chi connectivity index (χ2v) is 6.43. The van der Waals surface area contributed by atoms with E-state index in [-0.39, 0.29) is 19.1 Å².